The molecule has 0 aromatic heterocycles. The molecular weight excluding hydrogens is 181 g/mol. The van der Waals surface area contributed by atoms with E-state index in [1.54, 1.807) is 21.7 Å². The van der Waals surface area contributed by atoms with Crippen molar-refractivity contribution in [1.29, 1.82) is 0 Å². The van der Waals surface area contributed by atoms with Crippen molar-refractivity contribution in [2.75, 3.05) is 20.2 Å². The third-order valence-corrected chi connectivity index (χ3v) is 2.93. The van der Waals surface area contributed by atoms with E-state index in [0.29, 0.717) is 5.92 Å². The lowest BCUT2D eigenvalue weighted by molar-refractivity contribution is -0.143. The average Bonchev–Trinajstić information content (AvgIpc) is 2.18. The molecule has 1 unspecified atom stereocenters. The molecular formula is C9H17BNO3. The van der Waals surface area contributed by atoms with Crippen LogP contribution >= 0.6 is 0 Å². The van der Waals surface area contributed by atoms with Crippen LogP contribution < -0.4 is 0 Å². The van der Waals surface area contributed by atoms with E-state index in [4.69, 9.17) is 9.76 Å². The second-order valence-electron chi connectivity index (χ2n) is 3.84. The third-order valence-electron chi connectivity index (χ3n) is 2.93. The summed E-state index contributed by atoms with van der Waals surface area (Å²) < 4.78 is 4.91. The standard InChI is InChI=1S/C9H17BNO3/c1-7(9(12)13)8-3-5-11(6-4-8)10-14-2/h7-8H,3-6H2,1-2H3,(H,12,13). The van der Waals surface area contributed by atoms with E-state index >= 15 is 0 Å². The minimum atomic E-state index is -0.681. The predicted octanol–water partition coefficient (Wildman–Crippen LogP) is 0.600. The van der Waals surface area contributed by atoms with Gasteiger partial charge >= 0.3 is 13.6 Å². The van der Waals surface area contributed by atoms with Gasteiger partial charge in [0.1, 0.15) is 0 Å². The zero-order valence-corrected chi connectivity index (χ0v) is 8.77. The normalized spacial score (nSPS) is 21.9. The van der Waals surface area contributed by atoms with E-state index in [0.717, 1.165) is 25.9 Å². The molecule has 0 aliphatic carbocycles. The molecule has 1 radical (unpaired) electrons. The maximum atomic E-state index is 10.8. The molecule has 1 rings (SSSR count). The van der Waals surface area contributed by atoms with Crippen LogP contribution in [0.25, 0.3) is 0 Å². The quantitative estimate of drug-likeness (QED) is 0.672. The summed E-state index contributed by atoms with van der Waals surface area (Å²) in [5.74, 6) is -0.590. The van der Waals surface area contributed by atoms with Gasteiger partial charge in [-0.1, -0.05) is 6.92 Å². The molecule has 1 fully saturated rings. The van der Waals surface area contributed by atoms with Crippen molar-refractivity contribution in [3.05, 3.63) is 0 Å². The highest BCUT2D eigenvalue weighted by molar-refractivity contribution is 6.23. The summed E-state index contributed by atoms with van der Waals surface area (Å²) in [6.45, 7) is 3.59. The van der Waals surface area contributed by atoms with Gasteiger partial charge in [0.2, 0.25) is 0 Å². The van der Waals surface area contributed by atoms with E-state index in [9.17, 15) is 4.79 Å². The van der Waals surface area contributed by atoms with Gasteiger partial charge in [-0.2, -0.15) is 0 Å². The zero-order valence-electron chi connectivity index (χ0n) is 8.77. The number of carboxylic acids is 1. The second-order valence-corrected chi connectivity index (χ2v) is 3.84. The van der Waals surface area contributed by atoms with E-state index in [1.165, 1.54) is 0 Å². The van der Waals surface area contributed by atoms with Gasteiger partial charge in [-0.05, 0) is 31.8 Å². The summed E-state index contributed by atoms with van der Waals surface area (Å²) in [4.78, 5) is 12.8. The fourth-order valence-corrected chi connectivity index (χ4v) is 1.88. The number of hydrogen-bond acceptors (Lipinski definition) is 3. The lowest BCUT2D eigenvalue weighted by atomic mass is 9.84. The molecule has 1 saturated heterocycles. The van der Waals surface area contributed by atoms with Crippen LogP contribution in [-0.4, -0.2) is 43.7 Å². The molecule has 4 nitrogen and oxygen atoms in total. The number of piperidine rings is 1. The molecule has 1 aliphatic rings. The van der Waals surface area contributed by atoms with Crippen LogP contribution in [0.1, 0.15) is 19.8 Å². The monoisotopic (exact) mass is 198 g/mol. The van der Waals surface area contributed by atoms with E-state index in [2.05, 4.69) is 4.81 Å². The Morgan fingerprint density at radius 1 is 1.57 bits per heavy atom. The van der Waals surface area contributed by atoms with Crippen molar-refractivity contribution in [2.45, 2.75) is 19.8 Å². The lowest BCUT2D eigenvalue weighted by Gasteiger charge is -2.32. The Kier molecular flexibility index (Phi) is 4.42. The minimum Gasteiger partial charge on any atom is -0.481 e. The van der Waals surface area contributed by atoms with Gasteiger partial charge in [-0.25, -0.2) is 0 Å². The van der Waals surface area contributed by atoms with E-state index in [1.807, 2.05) is 0 Å². The molecule has 0 bridgehead atoms. The Morgan fingerprint density at radius 3 is 2.57 bits per heavy atom. The van der Waals surface area contributed by atoms with Crippen LogP contribution in [0.5, 0.6) is 0 Å². The first-order chi connectivity index (χ1) is 6.65. The predicted molar refractivity (Wildman–Crippen MR) is 53.9 cm³/mol. The van der Waals surface area contributed by atoms with Crippen molar-refractivity contribution in [3.63, 3.8) is 0 Å². The number of rotatable bonds is 4. The van der Waals surface area contributed by atoms with Gasteiger partial charge in [-0.3, -0.25) is 4.79 Å². The van der Waals surface area contributed by atoms with Gasteiger partial charge < -0.3 is 14.6 Å². The first-order valence-electron chi connectivity index (χ1n) is 4.98. The Bertz CT molecular complexity index is 192. The van der Waals surface area contributed by atoms with Crippen LogP contribution in [0, 0.1) is 11.8 Å². The summed E-state index contributed by atoms with van der Waals surface area (Å²) >= 11 is 0. The van der Waals surface area contributed by atoms with Crippen molar-refractivity contribution in [2.24, 2.45) is 11.8 Å². The number of carboxylic acid groups (broad SMARTS) is 1. The molecule has 0 spiro atoms. The summed E-state index contributed by atoms with van der Waals surface area (Å²) in [5.41, 5.74) is 0. The fourth-order valence-electron chi connectivity index (χ4n) is 1.88. The Balaban J connectivity index is 2.31. The molecule has 0 aromatic rings. The molecule has 0 amide bonds. The highest BCUT2D eigenvalue weighted by atomic mass is 16.4. The van der Waals surface area contributed by atoms with E-state index in [-0.39, 0.29) is 5.92 Å². The van der Waals surface area contributed by atoms with Crippen molar-refractivity contribution in [1.82, 2.24) is 4.81 Å². The van der Waals surface area contributed by atoms with Gasteiger partial charge in [0.05, 0.1) is 5.92 Å². The van der Waals surface area contributed by atoms with Crippen LogP contribution in [0.4, 0.5) is 0 Å². The van der Waals surface area contributed by atoms with Crippen LogP contribution in [0.3, 0.4) is 0 Å². The average molecular weight is 198 g/mol. The first-order valence-corrected chi connectivity index (χ1v) is 4.98. The third kappa shape index (κ3) is 2.99. The smallest absolute Gasteiger partial charge is 0.398 e. The van der Waals surface area contributed by atoms with Crippen LogP contribution in [-0.2, 0) is 9.45 Å². The SMILES string of the molecule is CO[B]N1CCC(C(C)C(=O)O)CC1. The van der Waals surface area contributed by atoms with Crippen LogP contribution in [0.15, 0.2) is 0 Å². The lowest BCUT2D eigenvalue weighted by Crippen LogP contribution is -2.39. The first kappa shape index (κ1) is 11.5. The largest absolute Gasteiger partial charge is 0.481 e. The molecule has 1 heterocycles. The van der Waals surface area contributed by atoms with Gasteiger partial charge in [0.15, 0.2) is 0 Å². The summed E-state index contributed by atoms with van der Waals surface area (Å²) in [6.07, 6.45) is 1.88. The van der Waals surface area contributed by atoms with Gasteiger partial charge in [0.25, 0.3) is 0 Å². The molecule has 1 atom stereocenters. The van der Waals surface area contributed by atoms with E-state index < -0.39 is 5.97 Å². The summed E-state index contributed by atoms with van der Waals surface area (Å²) in [5, 5.41) is 8.86. The summed E-state index contributed by atoms with van der Waals surface area (Å²) in [6, 6.07) is 0. The van der Waals surface area contributed by atoms with Crippen LogP contribution in [0.2, 0.25) is 0 Å². The molecule has 1 N–H and O–H groups in total. The molecule has 5 heteroatoms. The maximum absolute atomic E-state index is 10.8. The molecule has 79 valence electrons. The Labute approximate surface area is 85.5 Å². The highest BCUT2D eigenvalue weighted by Gasteiger charge is 2.27. The van der Waals surface area contributed by atoms with Crippen molar-refractivity contribution < 1.29 is 14.6 Å². The fraction of sp³-hybridized carbons (Fsp3) is 0.889. The maximum Gasteiger partial charge on any atom is 0.398 e. The number of aliphatic carboxylic acids is 1. The second kappa shape index (κ2) is 5.36. The number of hydrogen-bond donors (Lipinski definition) is 1. The summed E-state index contributed by atoms with van der Waals surface area (Å²) in [7, 11) is 3.34. The number of carbonyl (C=O) groups is 1. The molecule has 1 aliphatic heterocycles. The van der Waals surface area contributed by atoms with Crippen molar-refractivity contribution >= 4 is 13.6 Å². The Morgan fingerprint density at radius 2 is 2.14 bits per heavy atom. The Hall–Kier alpha value is -0.545. The topological polar surface area (TPSA) is 49.8 Å². The van der Waals surface area contributed by atoms with Crippen molar-refractivity contribution in [3.8, 4) is 0 Å². The van der Waals surface area contributed by atoms with Gasteiger partial charge in [-0.15, -0.1) is 0 Å². The molecule has 14 heavy (non-hydrogen) atoms. The number of nitrogens with zero attached hydrogens (tertiary/aromatic N) is 1. The molecule has 0 saturated carbocycles. The molecule has 0 aromatic carbocycles. The highest BCUT2D eigenvalue weighted by Crippen LogP contribution is 2.24. The minimum absolute atomic E-state index is 0.223. The zero-order chi connectivity index (χ0) is 10.6. The van der Waals surface area contributed by atoms with Gasteiger partial charge in [0, 0.05) is 7.11 Å².